The van der Waals surface area contributed by atoms with Gasteiger partial charge in [0.15, 0.2) is 0 Å². The monoisotopic (exact) mass is 367 g/mol. The SMILES string of the molecule is CN(C)c1ccc(/C=C2/C(=O)Nc3ccccc3N=C2c2ccccc2)cc1. The molecule has 1 amide bonds. The number of rotatable bonds is 3. The van der Waals surface area contributed by atoms with Gasteiger partial charge in [0, 0.05) is 25.3 Å². The van der Waals surface area contributed by atoms with Crippen LogP contribution >= 0.6 is 0 Å². The van der Waals surface area contributed by atoms with Crippen LogP contribution < -0.4 is 10.2 Å². The van der Waals surface area contributed by atoms with E-state index in [1.54, 1.807) is 0 Å². The number of hydrogen-bond donors (Lipinski definition) is 1. The van der Waals surface area contributed by atoms with Crippen molar-refractivity contribution >= 4 is 34.8 Å². The van der Waals surface area contributed by atoms with Crippen LogP contribution in [0.15, 0.2) is 89.4 Å². The Bertz CT molecular complexity index is 1060. The zero-order valence-electron chi connectivity index (χ0n) is 15.9. The number of fused-ring (bicyclic) bond motifs is 1. The van der Waals surface area contributed by atoms with Gasteiger partial charge in [0.05, 0.1) is 22.7 Å². The second-order valence-corrected chi connectivity index (χ2v) is 6.84. The van der Waals surface area contributed by atoms with Crippen LogP contribution in [0.3, 0.4) is 0 Å². The van der Waals surface area contributed by atoms with Crippen LogP contribution in [0.5, 0.6) is 0 Å². The Labute approximate surface area is 164 Å². The molecule has 1 heterocycles. The highest BCUT2D eigenvalue weighted by Gasteiger charge is 2.23. The first-order valence-electron chi connectivity index (χ1n) is 9.16. The third-order valence-corrected chi connectivity index (χ3v) is 4.65. The van der Waals surface area contributed by atoms with Crippen molar-refractivity contribution in [1.82, 2.24) is 0 Å². The fourth-order valence-corrected chi connectivity index (χ4v) is 3.14. The Hall–Kier alpha value is -3.66. The minimum Gasteiger partial charge on any atom is -0.378 e. The fourth-order valence-electron chi connectivity index (χ4n) is 3.14. The molecule has 1 N–H and O–H groups in total. The van der Waals surface area contributed by atoms with Crippen molar-refractivity contribution < 1.29 is 4.79 Å². The van der Waals surface area contributed by atoms with E-state index in [1.165, 1.54) is 0 Å². The van der Waals surface area contributed by atoms with E-state index in [2.05, 4.69) is 5.32 Å². The van der Waals surface area contributed by atoms with Gasteiger partial charge in [-0.15, -0.1) is 0 Å². The first-order valence-corrected chi connectivity index (χ1v) is 9.16. The number of nitrogens with one attached hydrogen (secondary N) is 1. The van der Waals surface area contributed by atoms with Gasteiger partial charge < -0.3 is 10.2 Å². The van der Waals surface area contributed by atoms with Crippen LogP contribution in [-0.4, -0.2) is 25.7 Å². The number of hydrogen-bond acceptors (Lipinski definition) is 3. The van der Waals surface area contributed by atoms with Gasteiger partial charge in [-0.1, -0.05) is 54.6 Å². The highest BCUT2D eigenvalue weighted by atomic mass is 16.1. The van der Waals surface area contributed by atoms with Crippen LogP contribution in [0.25, 0.3) is 6.08 Å². The molecule has 0 spiro atoms. The van der Waals surface area contributed by atoms with Crippen molar-refractivity contribution in [2.75, 3.05) is 24.3 Å². The van der Waals surface area contributed by atoms with Crippen molar-refractivity contribution in [2.24, 2.45) is 4.99 Å². The van der Waals surface area contributed by atoms with Gasteiger partial charge >= 0.3 is 0 Å². The number of benzene rings is 3. The summed E-state index contributed by atoms with van der Waals surface area (Å²) in [4.78, 5) is 20.0. The average molecular weight is 367 g/mol. The van der Waals surface area contributed by atoms with Crippen molar-refractivity contribution in [3.05, 3.63) is 95.6 Å². The maximum atomic E-state index is 13.1. The van der Waals surface area contributed by atoms with Gasteiger partial charge in [-0.2, -0.15) is 0 Å². The molecule has 3 aromatic rings. The van der Waals surface area contributed by atoms with E-state index in [-0.39, 0.29) is 5.91 Å². The third kappa shape index (κ3) is 3.58. The zero-order valence-corrected chi connectivity index (χ0v) is 15.9. The van der Waals surface area contributed by atoms with Crippen molar-refractivity contribution in [3.63, 3.8) is 0 Å². The topological polar surface area (TPSA) is 44.7 Å². The van der Waals surface area contributed by atoms with Gasteiger partial charge in [-0.3, -0.25) is 4.79 Å². The molecule has 0 aromatic heterocycles. The summed E-state index contributed by atoms with van der Waals surface area (Å²) in [5.74, 6) is -0.163. The number of aliphatic imine (C=N–C) groups is 1. The minimum atomic E-state index is -0.163. The summed E-state index contributed by atoms with van der Waals surface area (Å²) in [5, 5.41) is 2.99. The second-order valence-electron chi connectivity index (χ2n) is 6.84. The van der Waals surface area contributed by atoms with Gasteiger partial charge in [-0.25, -0.2) is 4.99 Å². The van der Waals surface area contributed by atoms with E-state index in [0.717, 1.165) is 22.5 Å². The number of carbonyl (C=O) groups excluding carboxylic acids is 1. The Kier molecular flexibility index (Phi) is 4.77. The molecule has 4 heteroatoms. The molecule has 0 atom stereocenters. The average Bonchev–Trinajstić information content (AvgIpc) is 2.85. The number of carbonyl (C=O) groups is 1. The molecule has 0 unspecified atom stereocenters. The number of anilines is 2. The lowest BCUT2D eigenvalue weighted by atomic mass is 9.99. The third-order valence-electron chi connectivity index (χ3n) is 4.65. The van der Waals surface area contributed by atoms with E-state index in [4.69, 9.17) is 4.99 Å². The molecule has 0 saturated heterocycles. The molecule has 28 heavy (non-hydrogen) atoms. The van der Waals surface area contributed by atoms with Gasteiger partial charge in [0.2, 0.25) is 0 Å². The molecule has 0 bridgehead atoms. The first kappa shape index (κ1) is 17.7. The van der Waals surface area contributed by atoms with Crippen molar-refractivity contribution in [2.45, 2.75) is 0 Å². The normalized spacial score (nSPS) is 14.7. The molecule has 0 aliphatic carbocycles. The number of amides is 1. The lowest BCUT2D eigenvalue weighted by molar-refractivity contribution is -0.112. The first-order chi connectivity index (χ1) is 13.6. The molecular formula is C24H21N3O. The molecule has 1 aliphatic heterocycles. The van der Waals surface area contributed by atoms with Gasteiger partial charge in [0.1, 0.15) is 0 Å². The molecule has 4 rings (SSSR count). The molecule has 138 valence electrons. The summed E-state index contributed by atoms with van der Waals surface area (Å²) in [6.45, 7) is 0. The van der Waals surface area contributed by atoms with Crippen LogP contribution in [0.4, 0.5) is 17.1 Å². The highest BCUT2D eigenvalue weighted by Crippen LogP contribution is 2.31. The minimum absolute atomic E-state index is 0.163. The standard InChI is InChI=1S/C24H21N3O/c1-27(2)19-14-12-17(13-15-19)16-20-23(18-8-4-3-5-9-18)25-21-10-6-7-11-22(21)26-24(20)28/h3-16H,1-2H3,(H,26,28)/b20-16+. The fraction of sp³-hybridized carbons (Fsp3) is 0.0833. The zero-order chi connectivity index (χ0) is 19.5. The Balaban J connectivity index is 1.85. The number of nitrogens with zero attached hydrogens (tertiary/aromatic N) is 2. The summed E-state index contributed by atoms with van der Waals surface area (Å²) in [6, 6.07) is 25.5. The van der Waals surface area contributed by atoms with Gasteiger partial charge in [-0.05, 0) is 35.9 Å². The Morgan fingerprint density at radius 3 is 2.25 bits per heavy atom. The maximum absolute atomic E-state index is 13.1. The predicted molar refractivity (Wildman–Crippen MR) is 116 cm³/mol. The molecule has 4 nitrogen and oxygen atoms in total. The van der Waals surface area contributed by atoms with Crippen LogP contribution in [0.1, 0.15) is 11.1 Å². The summed E-state index contributed by atoms with van der Waals surface area (Å²) < 4.78 is 0. The van der Waals surface area contributed by atoms with Gasteiger partial charge in [0.25, 0.3) is 5.91 Å². The van der Waals surface area contributed by atoms with E-state index < -0.39 is 0 Å². The van der Waals surface area contributed by atoms with Crippen LogP contribution in [0, 0.1) is 0 Å². The summed E-state index contributed by atoms with van der Waals surface area (Å²) >= 11 is 0. The molecule has 3 aromatic carbocycles. The molecular weight excluding hydrogens is 346 g/mol. The molecule has 0 saturated carbocycles. The van der Waals surface area contributed by atoms with Crippen molar-refractivity contribution in [3.8, 4) is 0 Å². The van der Waals surface area contributed by atoms with Crippen LogP contribution in [0.2, 0.25) is 0 Å². The van der Waals surface area contributed by atoms with Crippen molar-refractivity contribution in [1.29, 1.82) is 0 Å². The van der Waals surface area contributed by atoms with E-state index in [9.17, 15) is 4.79 Å². The number of para-hydroxylation sites is 2. The summed E-state index contributed by atoms with van der Waals surface area (Å²) in [7, 11) is 4.01. The maximum Gasteiger partial charge on any atom is 0.257 e. The largest absolute Gasteiger partial charge is 0.378 e. The molecule has 0 fully saturated rings. The van der Waals surface area contributed by atoms with E-state index in [1.807, 2.05) is 104 Å². The van der Waals surface area contributed by atoms with E-state index >= 15 is 0 Å². The predicted octanol–water partition coefficient (Wildman–Crippen LogP) is 4.91. The highest BCUT2D eigenvalue weighted by molar-refractivity contribution is 6.35. The quantitative estimate of drug-likeness (QED) is 0.669. The summed E-state index contributed by atoms with van der Waals surface area (Å²) in [6.07, 6.45) is 1.90. The smallest absolute Gasteiger partial charge is 0.257 e. The molecule has 0 radical (unpaired) electrons. The lowest BCUT2D eigenvalue weighted by Crippen LogP contribution is -2.19. The lowest BCUT2D eigenvalue weighted by Gasteiger charge is -2.12. The Morgan fingerprint density at radius 1 is 0.857 bits per heavy atom. The second kappa shape index (κ2) is 7.53. The van der Waals surface area contributed by atoms with Crippen LogP contribution in [-0.2, 0) is 4.79 Å². The Morgan fingerprint density at radius 2 is 1.54 bits per heavy atom. The van der Waals surface area contributed by atoms with E-state index in [0.29, 0.717) is 17.0 Å². The summed E-state index contributed by atoms with van der Waals surface area (Å²) in [5.41, 5.74) is 5.64. The molecule has 1 aliphatic rings.